The van der Waals surface area contributed by atoms with Gasteiger partial charge in [0.25, 0.3) is 0 Å². The van der Waals surface area contributed by atoms with E-state index in [0.29, 0.717) is 85.0 Å². The molecule has 0 bridgehead atoms. The molecule has 0 radical (unpaired) electrons. The number of carbonyl (C=O) groups is 3. The Hall–Kier alpha value is -1.26. The molecule has 0 fully saturated rings. The number of amides is 3. The van der Waals surface area contributed by atoms with Crippen LogP contribution < -0.4 is 0 Å². The van der Waals surface area contributed by atoms with Crippen molar-refractivity contribution in [3.8, 4) is 0 Å². The highest BCUT2D eigenvalue weighted by Gasteiger charge is 2.36. The van der Waals surface area contributed by atoms with Crippen LogP contribution >= 0.6 is 22.8 Å². The van der Waals surface area contributed by atoms with Gasteiger partial charge in [-0.25, -0.2) is 0 Å². The predicted molar refractivity (Wildman–Crippen MR) is 274 cm³/mol. The van der Waals surface area contributed by atoms with Gasteiger partial charge >= 0.3 is 22.8 Å². The van der Waals surface area contributed by atoms with Crippen LogP contribution in [0.3, 0.4) is 0 Å². The van der Waals surface area contributed by atoms with Crippen molar-refractivity contribution in [3.05, 3.63) is 0 Å². The monoisotopic (exact) mass is 1050 g/mol. The highest BCUT2D eigenvalue weighted by atomic mass is 31.2. The molecule has 0 aromatic rings. The van der Waals surface area contributed by atoms with Crippen LogP contribution in [-0.2, 0) is 69.4 Å². The summed E-state index contributed by atoms with van der Waals surface area (Å²) in [4.78, 5) is 46.2. The van der Waals surface area contributed by atoms with E-state index < -0.39 is 28.2 Å². The SMILES string of the molecule is CCOP(=O)(CC(=O)N(CCCOCC(CC)(COCCCN(C(=O)CP(=O)(OCC)OCC)C(CC)CC)COCCCN(C(=O)CP(=O)(OCC)OCC)C(CC)CC)C(CC)CC)OCC. The van der Waals surface area contributed by atoms with Crippen molar-refractivity contribution in [1.82, 2.24) is 14.7 Å². The molecule has 18 nitrogen and oxygen atoms in total. The maximum Gasteiger partial charge on any atom is 0.340 e. The van der Waals surface area contributed by atoms with Gasteiger partial charge in [-0.1, -0.05) is 48.5 Å². The zero-order chi connectivity index (χ0) is 52.4. The molecule has 0 aromatic heterocycles. The largest absolute Gasteiger partial charge is 0.381 e. The van der Waals surface area contributed by atoms with E-state index in [4.69, 9.17) is 41.4 Å². The van der Waals surface area contributed by atoms with Gasteiger partial charge in [-0.3, -0.25) is 28.1 Å². The fourth-order valence-corrected chi connectivity index (χ4v) is 13.0. The number of nitrogens with zero attached hydrogens (tertiary/aromatic N) is 3. The molecule has 0 saturated carbocycles. The summed E-state index contributed by atoms with van der Waals surface area (Å²) in [6.45, 7) is 28.8. The highest BCUT2D eigenvalue weighted by molar-refractivity contribution is 7.55. The molecule has 3 amide bonds. The van der Waals surface area contributed by atoms with Crippen LogP contribution in [0.2, 0.25) is 0 Å². The van der Waals surface area contributed by atoms with Gasteiger partial charge in [-0.15, -0.1) is 0 Å². The van der Waals surface area contributed by atoms with Gasteiger partial charge in [-0.2, -0.15) is 0 Å². The van der Waals surface area contributed by atoms with Crippen LogP contribution in [0.15, 0.2) is 0 Å². The third-order valence-electron chi connectivity index (χ3n) is 12.1. The molecular formula is C48H98N3O15P3. The molecule has 21 heteroatoms. The number of ether oxygens (including phenoxy) is 3. The standard InChI is InChI=1S/C48H98N3O15P3/c1-14-42(15-2)49(45(52)36-67(55,61-21-8)62-22-9)30-27-33-58-39-48(20-7,40-59-34-28-31-50(43(16-3)17-4)46(53)37-68(56,63-23-10)64-24-11)41-60-35-29-32-51(44(18-5)19-6)47(54)38-69(57,65-25-12)66-26-13/h42-44H,14-41H2,1-13H3. The van der Waals surface area contributed by atoms with Gasteiger partial charge in [0, 0.05) is 63.0 Å². The summed E-state index contributed by atoms with van der Waals surface area (Å²) in [5.41, 5.74) is -0.564. The van der Waals surface area contributed by atoms with Crippen molar-refractivity contribution in [2.24, 2.45) is 5.41 Å². The molecule has 410 valence electrons. The summed E-state index contributed by atoms with van der Waals surface area (Å²) < 4.78 is 91.8. The average molecular weight is 1050 g/mol. The molecule has 0 saturated heterocycles. The first-order chi connectivity index (χ1) is 32.9. The Morgan fingerprint density at radius 2 is 0.609 bits per heavy atom. The summed E-state index contributed by atoms with van der Waals surface area (Å²) in [6, 6.07) is -0.137. The smallest absolute Gasteiger partial charge is 0.340 e. The normalized spacial score (nSPS) is 12.7. The van der Waals surface area contributed by atoms with Crippen LogP contribution in [0, 0.1) is 5.41 Å². The van der Waals surface area contributed by atoms with Crippen LogP contribution in [0.4, 0.5) is 0 Å². The van der Waals surface area contributed by atoms with Crippen LogP contribution in [0.25, 0.3) is 0 Å². The van der Waals surface area contributed by atoms with E-state index in [9.17, 15) is 28.1 Å². The minimum Gasteiger partial charge on any atom is -0.381 e. The second-order valence-electron chi connectivity index (χ2n) is 17.1. The lowest BCUT2D eigenvalue weighted by atomic mass is 9.88. The molecule has 0 aliphatic rings. The van der Waals surface area contributed by atoms with E-state index in [1.54, 1.807) is 56.2 Å². The van der Waals surface area contributed by atoms with Gasteiger partial charge in [0.05, 0.1) is 59.5 Å². The average Bonchev–Trinajstić information content (AvgIpc) is 3.30. The number of carbonyl (C=O) groups excluding carboxylic acids is 3. The van der Waals surface area contributed by atoms with E-state index in [1.165, 1.54) is 0 Å². The Balaban J connectivity index is 6.23. The lowest BCUT2D eigenvalue weighted by molar-refractivity contribution is -0.132. The molecule has 0 aliphatic carbocycles. The van der Waals surface area contributed by atoms with Gasteiger partial charge in [0.15, 0.2) is 0 Å². The molecule has 0 heterocycles. The first-order valence-corrected chi connectivity index (χ1v) is 31.4. The van der Waals surface area contributed by atoms with Gasteiger partial charge in [-0.05, 0) is 106 Å². The number of hydrogen-bond acceptors (Lipinski definition) is 15. The van der Waals surface area contributed by atoms with E-state index in [-0.39, 0.29) is 94.0 Å². The lowest BCUT2D eigenvalue weighted by Gasteiger charge is -2.34. The molecule has 0 aliphatic heterocycles. The van der Waals surface area contributed by atoms with E-state index >= 15 is 0 Å². The quantitative estimate of drug-likeness (QED) is 0.0412. The van der Waals surface area contributed by atoms with Crippen LogP contribution in [-0.4, -0.2) is 168 Å². The summed E-state index contributed by atoms with van der Waals surface area (Å²) in [5, 5.41) is 0. The molecular weight excluding hydrogens is 951 g/mol. The van der Waals surface area contributed by atoms with E-state index in [1.807, 2.05) is 41.5 Å². The molecule has 0 rings (SSSR count). The second-order valence-corrected chi connectivity index (χ2v) is 23.2. The van der Waals surface area contributed by atoms with Crippen LogP contribution in [0.1, 0.15) is 154 Å². The van der Waals surface area contributed by atoms with E-state index in [0.717, 1.165) is 38.5 Å². The van der Waals surface area contributed by atoms with Gasteiger partial charge < -0.3 is 56.1 Å². The number of rotatable bonds is 46. The molecule has 0 atom stereocenters. The molecule has 0 spiro atoms. The Kier molecular flexibility index (Phi) is 37.6. The Labute approximate surface area is 418 Å². The number of hydrogen-bond donors (Lipinski definition) is 0. The minimum absolute atomic E-state index is 0.0456. The Morgan fingerprint density at radius 1 is 0.391 bits per heavy atom. The van der Waals surface area contributed by atoms with Gasteiger partial charge in [0.1, 0.15) is 18.5 Å². The summed E-state index contributed by atoms with van der Waals surface area (Å²) >= 11 is 0. The Morgan fingerprint density at radius 3 is 0.783 bits per heavy atom. The first-order valence-electron chi connectivity index (χ1n) is 26.2. The zero-order valence-corrected chi connectivity index (χ0v) is 48.0. The van der Waals surface area contributed by atoms with Crippen molar-refractivity contribution in [2.75, 3.05) is 117 Å². The minimum atomic E-state index is -3.59. The Bertz CT molecular complexity index is 1320. The van der Waals surface area contributed by atoms with Gasteiger partial charge in [0.2, 0.25) is 17.7 Å². The topological polar surface area (TPSA) is 195 Å². The fraction of sp³-hybridized carbons (Fsp3) is 0.938. The predicted octanol–water partition coefficient (Wildman–Crippen LogP) is 10.5. The molecule has 0 aromatic carbocycles. The van der Waals surface area contributed by atoms with Crippen molar-refractivity contribution in [3.63, 3.8) is 0 Å². The third-order valence-corrected chi connectivity index (χ3v) is 18.0. The molecule has 0 unspecified atom stereocenters. The summed E-state index contributed by atoms with van der Waals surface area (Å²) in [6.07, 6.45) is 5.71. The lowest BCUT2D eigenvalue weighted by Crippen LogP contribution is -2.43. The van der Waals surface area contributed by atoms with Crippen LogP contribution in [0.5, 0.6) is 0 Å². The fourth-order valence-electron chi connectivity index (χ4n) is 8.36. The molecule has 0 N–H and O–H groups in total. The van der Waals surface area contributed by atoms with Crippen molar-refractivity contribution < 1.29 is 69.4 Å². The third kappa shape index (κ3) is 26.0. The van der Waals surface area contributed by atoms with E-state index in [2.05, 4.69) is 6.92 Å². The van der Waals surface area contributed by atoms with Crippen molar-refractivity contribution in [2.45, 2.75) is 172 Å². The second kappa shape index (κ2) is 38.3. The highest BCUT2D eigenvalue weighted by Crippen LogP contribution is 2.50. The summed E-state index contributed by atoms with van der Waals surface area (Å²) in [5.74, 6) is -0.826. The zero-order valence-electron chi connectivity index (χ0n) is 45.3. The summed E-state index contributed by atoms with van der Waals surface area (Å²) in [7, 11) is -10.8. The maximum atomic E-state index is 13.6. The first kappa shape index (κ1) is 67.7. The maximum absolute atomic E-state index is 13.6. The molecule has 69 heavy (non-hydrogen) atoms. The van der Waals surface area contributed by atoms with Crippen molar-refractivity contribution in [1.29, 1.82) is 0 Å². The van der Waals surface area contributed by atoms with Crippen molar-refractivity contribution >= 4 is 40.5 Å².